The number of aryl methyl sites for hydroxylation is 1. The molecule has 1 aromatic heterocycles. The van der Waals surface area contributed by atoms with Crippen LogP contribution in [0.15, 0.2) is 6.07 Å². The van der Waals surface area contributed by atoms with Crippen LogP contribution >= 0.6 is 22.6 Å². The Labute approximate surface area is 92.5 Å². The smallest absolute Gasteiger partial charge is 0.214 e. The second-order valence-corrected chi connectivity index (χ2v) is 5.37. The highest BCUT2D eigenvalue weighted by atomic mass is 127. The summed E-state index contributed by atoms with van der Waals surface area (Å²) in [6.45, 7) is 8.13. The summed E-state index contributed by atoms with van der Waals surface area (Å²) in [7, 11) is 0. The molecule has 2 nitrogen and oxygen atoms in total. The SMILES string of the molecule is Cc1cc(I)c(C(C)(C)C)nc1O. The summed E-state index contributed by atoms with van der Waals surface area (Å²) in [5, 5.41) is 9.47. The first-order valence-corrected chi connectivity index (χ1v) is 5.27. The molecule has 1 N–H and O–H groups in total. The van der Waals surface area contributed by atoms with Crippen molar-refractivity contribution in [3.8, 4) is 5.88 Å². The number of pyridine rings is 1. The van der Waals surface area contributed by atoms with E-state index in [-0.39, 0.29) is 11.3 Å². The first-order chi connectivity index (χ1) is 5.82. The predicted molar refractivity (Wildman–Crippen MR) is 62.1 cm³/mol. The Balaban J connectivity index is 3.32. The first kappa shape index (κ1) is 10.8. The molecule has 0 aliphatic rings. The maximum atomic E-state index is 9.47. The Bertz CT molecular complexity index is 328. The molecule has 0 saturated heterocycles. The van der Waals surface area contributed by atoms with E-state index in [0.717, 1.165) is 14.8 Å². The Morgan fingerprint density at radius 1 is 1.38 bits per heavy atom. The maximum Gasteiger partial charge on any atom is 0.214 e. The molecule has 0 aliphatic heterocycles. The van der Waals surface area contributed by atoms with E-state index in [1.165, 1.54) is 0 Å². The van der Waals surface area contributed by atoms with Gasteiger partial charge in [0.2, 0.25) is 5.88 Å². The van der Waals surface area contributed by atoms with Gasteiger partial charge in [-0.15, -0.1) is 0 Å². The fraction of sp³-hybridized carbons (Fsp3) is 0.500. The van der Waals surface area contributed by atoms with Crippen LogP contribution < -0.4 is 0 Å². The lowest BCUT2D eigenvalue weighted by molar-refractivity contribution is 0.437. The van der Waals surface area contributed by atoms with E-state index in [2.05, 4.69) is 48.3 Å². The van der Waals surface area contributed by atoms with Crippen LogP contribution in [0.1, 0.15) is 32.0 Å². The molecule has 0 saturated carbocycles. The first-order valence-electron chi connectivity index (χ1n) is 4.19. The number of nitrogens with zero attached hydrogens (tertiary/aromatic N) is 1. The molecule has 0 aliphatic carbocycles. The molecule has 0 atom stereocenters. The highest BCUT2D eigenvalue weighted by Gasteiger charge is 2.20. The van der Waals surface area contributed by atoms with Crippen molar-refractivity contribution in [1.29, 1.82) is 0 Å². The van der Waals surface area contributed by atoms with E-state index in [1.807, 2.05) is 13.0 Å². The molecular formula is C10H14INO. The fourth-order valence-corrected chi connectivity index (χ4v) is 2.49. The Kier molecular flexibility index (Phi) is 2.85. The van der Waals surface area contributed by atoms with Crippen molar-refractivity contribution in [1.82, 2.24) is 4.98 Å². The van der Waals surface area contributed by atoms with Crippen LogP contribution in [0.5, 0.6) is 5.88 Å². The lowest BCUT2D eigenvalue weighted by Gasteiger charge is -2.19. The molecule has 72 valence electrons. The quantitative estimate of drug-likeness (QED) is 0.745. The van der Waals surface area contributed by atoms with Crippen molar-refractivity contribution in [2.45, 2.75) is 33.1 Å². The minimum atomic E-state index is -0.0122. The number of hydrogen-bond acceptors (Lipinski definition) is 2. The van der Waals surface area contributed by atoms with Gasteiger partial charge in [-0.2, -0.15) is 0 Å². The normalized spacial score (nSPS) is 11.8. The minimum Gasteiger partial charge on any atom is -0.493 e. The van der Waals surface area contributed by atoms with Crippen molar-refractivity contribution in [2.24, 2.45) is 0 Å². The van der Waals surface area contributed by atoms with E-state index < -0.39 is 0 Å². The van der Waals surface area contributed by atoms with Gasteiger partial charge in [0.05, 0.1) is 5.69 Å². The zero-order valence-electron chi connectivity index (χ0n) is 8.35. The van der Waals surface area contributed by atoms with Crippen molar-refractivity contribution >= 4 is 22.6 Å². The zero-order valence-corrected chi connectivity index (χ0v) is 10.5. The summed E-state index contributed by atoms with van der Waals surface area (Å²) in [5.74, 6) is 0.144. The molecule has 3 heteroatoms. The van der Waals surface area contributed by atoms with E-state index in [0.29, 0.717) is 0 Å². The van der Waals surface area contributed by atoms with Crippen molar-refractivity contribution in [2.75, 3.05) is 0 Å². The average Bonchev–Trinajstić information content (AvgIpc) is 1.94. The van der Waals surface area contributed by atoms with Crippen molar-refractivity contribution < 1.29 is 5.11 Å². The molecule has 13 heavy (non-hydrogen) atoms. The third-order valence-electron chi connectivity index (χ3n) is 1.85. The number of hydrogen-bond donors (Lipinski definition) is 1. The standard InChI is InChI=1S/C10H14INO/c1-6-5-7(11)8(10(2,3)4)12-9(6)13/h5H,1-4H3,(H,12,13). The molecular weight excluding hydrogens is 277 g/mol. The van der Waals surface area contributed by atoms with E-state index in [1.54, 1.807) is 0 Å². The maximum absolute atomic E-state index is 9.47. The molecule has 1 rings (SSSR count). The molecule has 0 bridgehead atoms. The summed E-state index contributed by atoms with van der Waals surface area (Å²) >= 11 is 2.25. The van der Waals surface area contributed by atoms with Crippen LogP contribution in [0.4, 0.5) is 0 Å². The van der Waals surface area contributed by atoms with Gasteiger partial charge in [-0.1, -0.05) is 20.8 Å². The fourth-order valence-electron chi connectivity index (χ4n) is 1.10. The second kappa shape index (κ2) is 3.44. The average molecular weight is 291 g/mol. The van der Waals surface area contributed by atoms with Gasteiger partial charge in [0, 0.05) is 14.5 Å². The van der Waals surface area contributed by atoms with Gasteiger partial charge >= 0.3 is 0 Å². The molecule has 0 amide bonds. The molecule has 1 heterocycles. The van der Waals surface area contributed by atoms with Crippen LogP contribution in [-0.4, -0.2) is 10.1 Å². The summed E-state index contributed by atoms with van der Waals surface area (Å²) < 4.78 is 1.11. The Morgan fingerprint density at radius 3 is 2.38 bits per heavy atom. The van der Waals surface area contributed by atoms with E-state index >= 15 is 0 Å². The predicted octanol–water partition coefficient (Wildman–Crippen LogP) is 3.00. The van der Waals surface area contributed by atoms with Crippen LogP contribution in [0.25, 0.3) is 0 Å². The van der Waals surface area contributed by atoms with Crippen LogP contribution in [-0.2, 0) is 5.41 Å². The van der Waals surface area contributed by atoms with Gasteiger partial charge in [-0.3, -0.25) is 0 Å². The summed E-state index contributed by atoms with van der Waals surface area (Å²) in [5.41, 5.74) is 1.77. The Hall–Kier alpha value is -0.320. The number of aromatic hydroxyl groups is 1. The molecule has 0 spiro atoms. The number of halogens is 1. The molecule has 0 fully saturated rings. The van der Waals surface area contributed by atoms with E-state index in [9.17, 15) is 5.11 Å². The van der Waals surface area contributed by atoms with E-state index in [4.69, 9.17) is 0 Å². The van der Waals surface area contributed by atoms with Crippen molar-refractivity contribution in [3.05, 3.63) is 20.9 Å². The van der Waals surface area contributed by atoms with Gasteiger partial charge in [0.1, 0.15) is 0 Å². The van der Waals surface area contributed by atoms with Gasteiger partial charge in [-0.05, 0) is 35.6 Å². The summed E-state index contributed by atoms with van der Waals surface area (Å²) in [6, 6.07) is 1.96. The van der Waals surface area contributed by atoms with Crippen LogP contribution in [0, 0.1) is 10.5 Å². The minimum absolute atomic E-state index is 0.0122. The van der Waals surface area contributed by atoms with Crippen LogP contribution in [0.3, 0.4) is 0 Å². The summed E-state index contributed by atoms with van der Waals surface area (Å²) in [4.78, 5) is 4.19. The number of aromatic nitrogens is 1. The van der Waals surface area contributed by atoms with Crippen molar-refractivity contribution in [3.63, 3.8) is 0 Å². The summed E-state index contributed by atoms with van der Waals surface area (Å²) in [6.07, 6.45) is 0. The number of rotatable bonds is 0. The third-order valence-corrected chi connectivity index (χ3v) is 2.67. The molecule has 0 unspecified atom stereocenters. The second-order valence-electron chi connectivity index (χ2n) is 4.21. The largest absolute Gasteiger partial charge is 0.493 e. The molecule has 1 aromatic rings. The third kappa shape index (κ3) is 2.33. The van der Waals surface area contributed by atoms with Gasteiger partial charge in [0.25, 0.3) is 0 Å². The topological polar surface area (TPSA) is 33.1 Å². The lowest BCUT2D eigenvalue weighted by atomic mass is 9.91. The van der Waals surface area contributed by atoms with Gasteiger partial charge < -0.3 is 5.11 Å². The molecule has 0 radical (unpaired) electrons. The highest BCUT2D eigenvalue weighted by molar-refractivity contribution is 14.1. The zero-order chi connectivity index (χ0) is 10.2. The van der Waals surface area contributed by atoms with Gasteiger partial charge in [0.15, 0.2) is 0 Å². The monoisotopic (exact) mass is 291 g/mol. The Morgan fingerprint density at radius 2 is 1.92 bits per heavy atom. The molecule has 0 aromatic carbocycles. The highest BCUT2D eigenvalue weighted by Crippen LogP contribution is 2.28. The lowest BCUT2D eigenvalue weighted by Crippen LogP contribution is -2.15. The van der Waals surface area contributed by atoms with Crippen LogP contribution in [0.2, 0.25) is 0 Å². The van der Waals surface area contributed by atoms with Gasteiger partial charge in [-0.25, -0.2) is 4.98 Å².